The summed E-state index contributed by atoms with van der Waals surface area (Å²) in [7, 11) is 3.05. The van der Waals surface area contributed by atoms with Crippen LogP contribution in [0, 0.1) is 5.41 Å². The number of thioether (sulfide) groups is 1. The van der Waals surface area contributed by atoms with Crippen molar-refractivity contribution in [3.8, 4) is 11.5 Å². The van der Waals surface area contributed by atoms with E-state index in [4.69, 9.17) is 19.6 Å². The number of nitrogens with zero attached hydrogens (tertiary/aromatic N) is 2. The van der Waals surface area contributed by atoms with Gasteiger partial charge < -0.3 is 29.1 Å². The van der Waals surface area contributed by atoms with Gasteiger partial charge in [-0.25, -0.2) is 4.98 Å². The number of fused-ring (bicyclic) bond motifs is 2. The molecule has 2 aromatic carbocycles. The minimum Gasteiger partial charge on any atom is -0.493 e. The number of aromatic amines is 1. The fourth-order valence-corrected chi connectivity index (χ4v) is 4.60. The molecule has 10 nitrogen and oxygen atoms in total. The van der Waals surface area contributed by atoms with E-state index in [1.807, 2.05) is 24.3 Å². The van der Waals surface area contributed by atoms with Crippen LogP contribution in [-0.2, 0) is 16.1 Å². The Morgan fingerprint density at radius 1 is 1.14 bits per heavy atom. The summed E-state index contributed by atoms with van der Waals surface area (Å²) in [6, 6.07) is 12.8. The number of para-hydroxylation sites is 1. The largest absolute Gasteiger partial charge is 0.493 e. The van der Waals surface area contributed by atoms with Crippen LogP contribution in [0.5, 0.6) is 11.5 Å². The predicted octanol–water partition coefficient (Wildman–Crippen LogP) is 3.10. The molecule has 1 amide bonds. The van der Waals surface area contributed by atoms with Crippen LogP contribution in [0.2, 0.25) is 0 Å². The summed E-state index contributed by atoms with van der Waals surface area (Å²) in [5.74, 6) is 0.383. The maximum atomic E-state index is 12.7. The lowest BCUT2D eigenvalue weighted by Gasteiger charge is -2.16. The zero-order valence-corrected chi connectivity index (χ0v) is 21.0. The number of H-pyrrole nitrogens is 1. The van der Waals surface area contributed by atoms with Crippen molar-refractivity contribution in [2.75, 3.05) is 33.1 Å². The summed E-state index contributed by atoms with van der Waals surface area (Å²) in [6.45, 7) is 2.55. The normalized spacial score (nSPS) is 11.0. The van der Waals surface area contributed by atoms with Crippen molar-refractivity contribution in [1.29, 1.82) is 5.41 Å². The Bertz CT molecular complexity index is 1450. The van der Waals surface area contributed by atoms with Gasteiger partial charge in [-0.05, 0) is 25.1 Å². The Morgan fingerprint density at radius 2 is 1.89 bits per heavy atom. The molecule has 0 aliphatic heterocycles. The van der Waals surface area contributed by atoms with Gasteiger partial charge in [-0.2, -0.15) is 0 Å². The molecule has 0 saturated carbocycles. The minimum absolute atomic E-state index is 0.0422. The van der Waals surface area contributed by atoms with Crippen molar-refractivity contribution in [1.82, 2.24) is 19.9 Å². The van der Waals surface area contributed by atoms with Crippen LogP contribution >= 0.6 is 11.8 Å². The molecule has 2 aromatic heterocycles. The summed E-state index contributed by atoms with van der Waals surface area (Å²) in [5, 5.41) is 13.7. The Labute approximate surface area is 211 Å². The molecule has 2 heterocycles. The molecular formula is C25H27N5O5S. The van der Waals surface area contributed by atoms with Gasteiger partial charge in [0, 0.05) is 35.4 Å². The first kappa shape index (κ1) is 25.1. The molecule has 11 heteroatoms. The first-order chi connectivity index (χ1) is 17.4. The monoisotopic (exact) mass is 509 g/mol. The Morgan fingerprint density at radius 3 is 2.61 bits per heavy atom. The van der Waals surface area contributed by atoms with E-state index in [0.29, 0.717) is 33.3 Å². The van der Waals surface area contributed by atoms with E-state index in [0.717, 1.165) is 10.9 Å². The van der Waals surface area contributed by atoms with Gasteiger partial charge in [0.1, 0.15) is 11.2 Å². The molecule has 0 fully saturated rings. The lowest BCUT2D eigenvalue weighted by Crippen LogP contribution is -2.32. The van der Waals surface area contributed by atoms with Crippen LogP contribution in [0.3, 0.4) is 0 Å². The molecule has 4 aromatic rings. The zero-order chi connectivity index (χ0) is 25.7. The predicted molar refractivity (Wildman–Crippen MR) is 137 cm³/mol. The molecule has 0 radical (unpaired) electrons. The lowest BCUT2D eigenvalue weighted by atomic mass is 10.2. The number of carbonyl (C=O) groups is 2. The SMILES string of the molecule is CCOC(=O)CSc1nc2cc(OC)c(OC)cc2c(=N)n1CCNC(=O)c1cc2ccccc2[nH]1. The van der Waals surface area contributed by atoms with Crippen LogP contribution in [0.4, 0.5) is 0 Å². The number of hydrogen-bond acceptors (Lipinski definition) is 8. The van der Waals surface area contributed by atoms with Gasteiger partial charge in [-0.1, -0.05) is 30.0 Å². The summed E-state index contributed by atoms with van der Waals surface area (Å²) in [6.07, 6.45) is 0. The first-order valence-corrected chi connectivity index (χ1v) is 12.3. The van der Waals surface area contributed by atoms with Crippen LogP contribution in [0.25, 0.3) is 21.8 Å². The third kappa shape index (κ3) is 5.30. The molecule has 0 unspecified atom stereocenters. The number of rotatable bonds is 10. The van der Waals surface area contributed by atoms with Gasteiger partial charge in [0.2, 0.25) is 0 Å². The number of amides is 1. The van der Waals surface area contributed by atoms with Crippen molar-refractivity contribution < 1.29 is 23.8 Å². The third-order valence-electron chi connectivity index (χ3n) is 5.49. The molecule has 0 saturated heterocycles. The van der Waals surface area contributed by atoms with Crippen molar-refractivity contribution in [2.24, 2.45) is 0 Å². The van der Waals surface area contributed by atoms with Crippen LogP contribution in [-0.4, -0.2) is 59.5 Å². The Hall–Kier alpha value is -3.99. The number of carbonyl (C=O) groups excluding carboxylic acids is 2. The van der Waals surface area contributed by atoms with E-state index in [1.165, 1.54) is 26.0 Å². The number of hydrogen-bond donors (Lipinski definition) is 3. The van der Waals surface area contributed by atoms with E-state index in [-0.39, 0.29) is 42.8 Å². The maximum Gasteiger partial charge on any atom is 0.316 e. The fraction of sp³-hybridized carbons (Fsp3) is 0.280. The number of ether oxygens (including phenoxy) is 3. The van der Waals surface area contributed by atoms with E-state index >= 15 is 0 Å². The molecule has 36 heavy (non-hydrogen) atoms. The Kier molecular flexibility index (Phi) is 7.79. The topological polar surface area (TPSA) is 131 Å². The number of methoxy groups -OCH3 is 2. The molecule has 4 rings (SSSR count). The highest BCUT2D eigenvalue weighted by molar-refractivity contribution is 7.99. The van der Waals surface area contributed by atoms with E-state index in [9.17, 15) is 9.59 Å². The summed E-state index contributed by atoms with van der Waals surface area (Å²) < 4.78 is 17.5. The molecule has 0 atom stereocenters. The lowest BCUT2D eigenvalue weighted by molar-refractivity contribution is -0.139. The van der Waals surface area contributed by atoms with Gasteiger partial charge in [0.15, 0.2) is 16.7 Å². The van der Waals surface area contributed by atoms with Crippen molar-refractivity contribution in [3.63, 3.8) is 0 Å². The van der Waals surface area contributed by atoms with Crippen molar-refractivity contribution >= 4 is 45.4 Å². The maximum absolute atomic E-state index is 12.7. The second-order valence-electron chi connectivity index (χ2n) is 7.74. The second kappa shape index (κ2) is 11.2. The van der Waals surface area contributed by atoms with Gasteiger partial charge in [-0.3, -0.25) is 15.0 Å². The average molecular weight is 510 g/mol. The number of nitrogens with one attached hydrogen (secondary N) is 3. The summed E-state index contributed by atoms with van der Waals surface area (Å²) >= 11 is 1.17. The molecule has 188 valence electrons. The van der Waals surface area contributed by atoms with E-state index in [2.05, 4.69) is 15.3 Å². The smallest absolute Gasteiger partial charge is 0.316 e. The van der Waals surface area contributed by atoms with Gasteiger partial charge in [0.05, 0.1) is 32.1 Å². The first-order valence-electron chi connectivity index (χ1n) is 11.3. The van der Waals surface area contributed by atoms with Crippen molar-refractivity contribution in [3.05, 3.63) is 53.6 Å². The second-order valence-corrected chi connectivity index (χ2v) is 8.68. The Balaban J connectivity index is 1.60. The average Bonchev–Trinajstić information content (AvgIpc) is 3.33. The summed E-state index contributed by atoms with van der Waals surface area (Å²) in [4.78, 5) is 32.5. The minimum atomic E-state index is -0.373. The molecule has 0 spiro atoms. The van der Waals surface area contributed by atoms with Crippen LogP contribution in [0.15, 0.2) is 47.6 Å². The molecule has 3 N–H and O–H groups in total. The molecular weight excluding hydrogens is 482 g/mol. The highest BCUT2D eigenvalue weighted by Gasteiger charge is 2.16. The highest BCUT2D eigenvalue weighted by atomic mass is 32.2. The zero-order valence-electron chi connectivity index (χ0n) is 20.2. The number of esters is 1. The van der Waals surface area contributed by atoms with Gasteiger partial charge >= 0.3 is 5.97 Å². The molecule has 0 aliphatic rings. The standard InChI is InChI=1S/C25H27N5O5S/c1-4-35-22(31)14-36-25-29-18-13-21(34-3)20(33-2)12-16(18)23(26)30(25)10-9-27-24(32)19-11-15-7-5-6-8-17(15)28-19/h5-8,11-13,26,28H,4,9-10,14H2,1-3H3,(H,27,32). The molecule has 0 aliphatic carbocycles. The van der Waals surface area contributed by atoms with Crippen LogP contribution < -0.4 is 20.3 Å². The van der Waals surface area contributed by atoms with E-state index in [1.54, 1.807) is 29.7 Å². The summed E-state index contributed by atoms with van der Waals surface area (Å²) in [5.41, 5.74) is 2.04. The third-order valence-corrected chi connectivity index (χ3v) is 6.44. The van der Waals surface area contributed by atoms with Gasteiger partial charge in [-0.15, -0.1) is 0 Å². The highest BCUT2D eigenvalue weighted by Crippen LogP contribution is 2.31. The number of aromatic nitrogens is 3. The van der Waals surface area contributed by atoms with Crippen molar-refractivity contribution in [2.45, 2.75) is 18.6 Å². The van der Waals surface area contributed by atoms with E-state index < -0.39 is 0 Å². The fourth-order valence-electron chi connectivity index (χ4n) is 3.77. The van der Waals surface area contributed by atoms with Crippen LogP contribution in [0.1, 0.15) is 17.4 Å². The number of benzene rings is 2. The quantitative estimate of drug-likeness (QED) is 0.170. The van der Waals surface area contributed by atoms with Gasteiger partial charge in [0.25, 0.3) is 5.91 Å². The molecule has 0 bridgehead atoms.